The molecule has 0 aliphatic carbocycles. The number of amides is 3. The van der Waals surface area contributed by atoms with Gasteiger partial charge in [0.25, 0.3) is 10.2 Å². The van der Waals surface area contributed by atoms with Gasteiger partial charge in [0.1, 0.15) is 17.5 Å². The lowest BCUT2D eigenvalue weighted by Crippen LogP contribution is -2.57. The Balaban J connectivity index is 1.50. The summed E-state index contributed by atoms with van der Waals surface area (Å²) in [5.74, 6) is 0.347. The molecule has 1 heterocycles. The van der Waals surface area contributed by atoms with Crippen LogP contribution in [0.1, 0.15) is 0 Å². The number of piperazine rings is 1. The summed E-state index contributed by atoms with van der Waals surface area (Å²) in [6.45, 7) is -0.371. The van der Waals surface area contributed by atoms with Gasteiger partial charge in [-0.15, -0.1) is 0 Å². The molecule has 32 heavy (non-hydrogen) atoms. The van der Waals surface area contributed by atoms with Gasteiger partial charge in [-0.1, -0.05) is 18.2 Å². The van der Waals surface area contributed by atoms with Crippen LogP contribution in [0.2, 0.25) is 0 Å². The summed E-state index contributed by atoms with van der Waals surface area (Å²) < 4.78 is 33.6. The van der Waals surface area contributed by atoms with E-state index in [0.29, 0.717) is 17.2 Å². The normalized spacial score (nSPS) is 15.7. The SMILES string of the molecule is NC(=O)[C@@H](CO)NS(=O)(=O)N1CCN(C(=O)Nc2ccc(Oc3ccccc3)cc2)CC1. The van der Waals surface area contributed by atoms with Gasteiger partial charge in [-0.25, -0.2) is 4.79 Å². The minimum atomic E-state index is -4.03. The van der Waals surface area contributed by atoms with Gasteiger partial charge >= 0.3 is 6.03 Å². The van der Waals surface area contributed by atoms with E-state index in [1.165, 1.54) is 4.90 Å². The highest BCUT2D eigenvalue weighted by molar-refractivity contribution is 7.87. The monoisotopic (exact) mass is 463 g/mol. The predicted octanol–water partition coefficient (Wildman–Crippen LogP) is 0.309. The van der Waals surface area contributed by atoms with Crippen molar-refractivity contribution in [2.75, 3.05) is 38.1 Å². The second-order valence-corrected chi connectivity index (χ2v) is 8.72. The number of ether oxygens (including phenoxy) is 1. The molecule has 0 saturated carbocycles. The van der Waals surface area contributed by atoms with Gasteiger partial charge in [0, 0.05) is 31.9 Å². The minimum absolute atomic E-state index is 0.0313. The number of anilines is 1. The van der Waals surface area contributed by atoms with Crippen LogP contribution in [-0.2, 0) is 15.0 Å². The molecule has 1 atom stereocenters. The number of aliphatic hydroxyl groups is 1. The van der Waals surface area contributed by atoms with Gasteiger partial charge in [-0.05, 0) is 36.4 Å². The van der Waals surface area contributed by atoms with Crippen LogP contribution in [0.15, 0.2) is 54.6 Å². The molecular formula is C20H25N5O6S. The van der Waals surface area contributed by atoms with Crippen LogP contribution in [0.25, 0.3) is 0 Å². The lowest BCUT2D eigenvalue weighted by Gasteiger charge is -2.34. The number of carbonyl (C=O) groups excluding carboxylic acids is 2. The van der Waals surface area contributed by atoms with Crippen LogP contribution in [0, 0.1) is 0 Å². The zero-order valence-corrected chi connectivity index (χ0v) is 18.0. The number of carbonyl (C=O) groups is 2. The van der Waals surface area contributed by atoms with Crippen LogP contribution in [0.5, 0.6) is 11.5 Å². The number of nitrogens with two attached hydrogens (primary N) is 1. The molecular weight excluding hydrogens is 438 g/mol. The fraction of sp³-hybridized carbons (Fsp3) is 0.300. The summed E-state index contributed by atoms with van der Waals surface area (Å²) in [6, 6.07) is 14.4. The predicted molar refractivity (Wildman–Crippen MR) is 117 cm³/mol. The number of nitrogens with one attached hydrogen (secondary N) is 2. The molecule has 2 aromatic carbocycles. The first kappa shape index (κ1) is 23.5. The van der Waals surface area contributed by atoms with Crippen LogP contribution < -0.4 is 20.5 Å². The zero-order valence-electron chi connectivity index (χ0n) is 17.2. The first-order valence-electron chi connectivity index (χ1n) is 9.85. The summed E-state index contributed by atoms with van der Waals surface area (Å²) in [5.41, 5.74) is 5.62. The van der Waals surface area contributed by atoms with Crippen molar-refractivity contribution in [2.24, 2.45) is 5.73 Å². The van der Waals surface area contributed by atoms with E-state index in [-0.39, 0.29) is 32.2 Å². The van der Waals surface area contributed by atoms with E-state index in [9.17, 15) is 18.0 Å². The molecule has 0 aromatic heterocycles. The van der Waals surface area contributed by atoms with E-state index in [1.54, 1.807) is 24.3 Å². The van der Waals surface area contributed by atoms with Crippen molar-refractivity contribution in [3.8, 4) is 11.5 Å². The highest BCUT2D eigenvalue weighted by Crippen LogP contribution is 2.23. The van der Waals surface area contributed by atoms with Crippen LogP contribution in [0.4, 0.5) is 10.5 Å². The quantitative estimate of drug-likeness (QED) is 0.442. The van der Waals surface area contributed by atoms with Crippen molar-refractivity contribution in [3.05, 3.63) is 54.6 Å². The third-order valence-corrected chi connectivity index (χ3v) is 6.39. The molecule has 1 fully saturated rings. The van der Waals surface area contributed by atoms with Crippen molar-refractivity contribution >= 4 is 27.8 Å². The standard InChI is InChI=1S/C20H25N5O6S/c21-19(27)18(14-26)23-32(29,30)25-12-10-24(11-13-25)20(28)22-15-6-8-17(9-7-15)31-16-4-2-1-3-5-16/h1-9,18,23,26H,10-14H2,(H2,21,27)(H,22,28)/t18-/m1/s1. The zero-order chi connectivity index (χ0) is 23.1. The molecule has 1 saturated heterocycles. The fourth-order valence-corrected chi connectivity index (χ4v) is 4.35. The van der Waals surface area contributed by atoms with Crippen LogP contribution in [-0.4, -0.2) is 73.5 Å². The second kappa shape index (κ2) is 10.4. The maximum atomic E-state index is 12.5. The van der Waals surface area contributed by atoms with Gasteiger partial charge in [-0.3, -0.25) is 4.79 Å². The number of nitrogens with zero attached hydrogens (tertiary/aromatic N) is 2. The van der Waals surface area contributed by atoms with Crippen LogP contribution in [0.3, 0.4) is 0 Å². The number of hydrogen-bond donors (Lipinski definition) is 4. The number of aliphatic hydroxyl groups excluding tert-OH is 1. The topological polar surface area (TPSA) is 154 Å². The van der Waals surface area contributed by atoms with Gasteiger partial charge in [0.15, 0.2) is 0 Å². The van der Waals surface area contributed by atoms with E-state index in [4.69, 9.17) is 15.6 Å². The Hall–Kier alpha value is -3.19. The molecule has 1 aliphatic rings. The molecule has 172 valence electrons. The van der Waals surface area contributed by atoms with Crippen LogP contribution >= 0.6 is 0 Å². The number of benzene rings is 2. The molecule has 0 radical (unpaired) electrons. The second-order valence-electron chi connectivity index (χ2n) is 7.02. The average Bonchev–Trinajstić information content (AvgIpc) is 2.79. The third-order valence-electron chi connectivity index (χ3n) is 4.77. The minimum Gasteiger partial charge on any atom is -0.457 e. The number of urea groups is 1. The third kappa shape index (κ3) is 6.17. The molecule has 3 rings (SSSR count). The molecule has 12 heteroatoms. The van der Waals surface area contributed by atoms with Crippen molar-refractivity contribution in [2.45, 2.75) is 6.04 Å². The molecule has 11 nitrogen and oxygen atoms in total. The number of para-hydroxylation sites is 1. The van der Waals surface area contributed by atoms with E-state index in [0.717, 1.165) is 4.31 Å². The van der Waals surface area contributed by atoms with Gasteiger partial charge in [-0.2, -0.15) is 17.4 Å². The van der Waals surface area contributed by atoms with E-state index in [1.807, 2.05) is 30.3 Å². The Morgan fingerprint density at radius 1 is 1.00 bits per heavy atom. The molecule has 2 aromatic rings. The summed E-state index contributed by atoms with van der Waals surface area (Å²) in [6.07, 6.45) is 0. The first-order chi connectivity index (χ1) is 15.3. The summed E-state index contributed by atoms with van der Waals surface area (Å²) >= 11 is 0. The first-order valence-corrected chi connectivity index (χ1v) is 11.3. The molecule has 3 amide bonds. The Morgan fingerprint density at radius 3 is 2.16 bits per heavy atom. The van der Waals surface area contributed by atoms with E-state index >= 15 is 0 Å². The lowest BCUT2D eigenvalue weighted by molar-refractivity contribution is -0.120. The van der Waals surface area contributed by atoms with Gasteiger partial charge in [0.05, 0.1) is 6.61 Å². The lowest BCUT2D eigenvalue weighted by atomic mass is 10.3. The van der Waals surface area contributed by atoms with Crippen molar-refractivity contribution in [1.82, 2.24) is 13.9 Å². The Bertz CT molecular complexity index is 1020. The largest absolute Gasteiger partial charge is 0.457 e. The fourth-order valence-electron chi connectivity index (χ4n) is 3.00. The van der Waals surface area contributed by atoms with E-state index in [2.05, 4.69) is 10.0 Å². The maximum absolute atomic E-state index is 12.5. The molecule has 5 N–H and O–H groups in total. The van der Waals surface area contributed by atoms with Gasteiger partial charge in [0.2, 0.25) is 5.91 Å². The number of primary amides is 1. The Morgan fingerprint density at radius 2 is 1.59 bits per heavy atom. The Labute approximate surface area is 185 Å². The number of rotatable bonds is 8. The van der Waals surface area contributed by atoms with Gasteiger partial charge < -0.3 is 25.8 Å². The smallest absolute Gasteiger partial charge is 0.321 e. The summed E-state index contributed by atoms with van der Waals surface area (Å²) in [7, 11) is -4.03. The van der Waals surface area contributed by atoms with E-state index < -0.39 is 28.8 Å². The average molecular weight is 464 g/mol. The molecule has 0 unspecified atom stereocenters. The highest BCUT2D eigenvalue weighted by Gasteiger charge is 2.31. The number of hydrogen-bond acceptors (Lipinski definition) is 6. The molecule has 0 bridgehead atoms. The highest BCUT2D eigenvalue weighted by atomic mass is 32.2. The molecule has 1 aliphatic heterocycles. The summed E-state index contributed by atoms with van der Waals surface area (Å²) in [4.78, 5) is 25.2. The van der Waals surface area contributed by atoms with Crippen molar-refractivity contribution in [1.29, 1.82) is 0 Å². The maximum Gasteiger partial charge on any atom is 0.321 e. The summed E-state index contributed by atoms with van der Waals surface area (Å²) in [5, 5.41) is 11.9. The molecule has 0 spiro atoms. The van der Waals surface area contributed by atoms with Crippen molar-refractivity contribution < 1.29 is 27.9 Å². The Kier molecular flexibility index (Phi) is 7.64. The van der Waals surface area contributed by atoms with Crippen molar-refractivity contribution in [3.63, 3.8) is 0 Å².